The van der Waals surface area contributed by atoms with Crippen molar-refractivity contribution in [3.8, 4) is 5.75 Å². The second kappa shape index (κ2) is 5.51. The third-order valence-corrected chi connectivity index (χ3v) is 4.22. The largest absolute Gasteiger partial charge is 0.495 e. The van der Waals surface area contributed by atoms with Crippen LogP contribution >= 0.6 is 15.9 Å². The summed E-state index contributed by atoms with van der Waals surface area (Å²) in [5.41, 5.74) is 1.66. The van der Waals surface area contributed by atoms with Crippen LogP contribution in [0.25, 0.3) is 0 Å². The van der Waals surface area contributed by atoms with Gasteiger partial charge in [-0.1, -0.05) is 15.9 Å². The fourth-order valence-corrected chi connectivity index (χ4v) is 3.44. The molecule has 1 amide bonds. The van der Waals surface area contributed by atoms with Gasteiger partial charge < -0.3 is 15.4 Å². The highest BCUT2D eigenvalue weighted by molar-refractivity contribution is 9.10. The van der Waals surface area contributed by atoms with E-state index < -0.39 is 0 Å². The predicted molar refractivity (Wildman–Crippen MR) is 79.6 cm³/mol. The Morgan fingerprint density at radius 2 is 2.26 bits per heavy atom. The minimum Gasteiger partial charge on any atom is -0.495 e. The number of rotatable bonds is 3. The molecule has 1 saturated heterocycles. The first-order chi connectivity index (χ1) is 8.98. The lowest BCUT2D eigenvalue weighted by atomic mass is 9.88. The van der Waals surface area contributed by atoms with Gasteiger partial charge in [0.1, 0.15) is 5.75 Å². The number of hydrogen-bond acceptors (Lipinski definition) is 3. The Morgan fingerprint density at radius 3 is 2.79 bits per heavy atom. The van der Waals surface area contributed by atoms with E-state index in [9.17, 15) is 4.79 Å². The number of hydrogen-bond donors (Lipinski definition) is 2. The Labute approximate surface area is 122 Å². The topological polar surface area (TPSA) is 50.4 Å². The number of carbonyl (C=O) groups is 1. The van der Waals surface area contributed by atoms with Crippen LogP contribution in [0.5, 0.6) is 5.75 Å². The van der Waals surface area contributed by atoms with Crippen molar-refractivity contribution < 1.29 is 9.53 Å². The maximum atomic E-state index is 11.5. The monoisotopic (exact) mass is 326 g/mol. The molecule has 2 rings (SSSR count). The Morgan fingerprint density at radius 1 is 1.53 bits per heavy atom. The molecule has 1 heterocycles. The molecular weight excluding hydrogens is 308 g/mol. The van der Waals surface area contributed by atoms with Gasteiger partial charge in [0.25, 0.3) is 0 Å². The molecule has 0 aliphatic carbocycles. The quantitative estimate of drug-likeness (QED) is 0.897. The summed E-state index contributed by atoms with van der Waals surface area (Å²) in [7, 11) is 1.61. The molecule has 1 fully saturated rings. The number of methoxy groups -OCH3 is 1. The smallest absolute Gasteiger partial charge is 0.221 e. The average Bonchev–Trinajstić information content (AvgIpc) is 2.76. The summed E-state index contributed by atoms with van der Waals surface area (Å²) in [6.45, 7) is 4.65. The molecule has 0 aromatic heterocycles. The van der Waals surface area contributed by atoms with Crippen molar-refractivity contribution in [2.75, 3.05) is 19.0 Å². The maximum absolute atomic E-state index is 11.5. The lowest BCUT2D eigenvalue weighted by molar-refractivity contribution is -0.114. The molecule has 0 radical (unpaired) electrons. The van der Waals surface area contributed by atoms with Crippen molar-refractivity contribution in [2.24, 2.45) is 0 Å². The van der Waals surface area contributed by atoms with Gasteiger partial charge in [-0.15, -0.1) is 0 Å². The van der Waals surface area contributed by atoms with Crippen molar-refractivity contribution in [1.82, 2.24) is 5.32 Å². The highest BCUT2D eigenvalue weighted by atomic mass is 79.9. The van der Waals surface area contributed by atoms with Crippen LogP contribution in [0, 0.1) is 0 Å². The van der Waals surface area contributed by atoms with Gasteiger partial charge in [-0.05, 0) is 38.4 Å². The zero-order valence-electron chi connectivity index (χ0n) is 11.5. The highest BCUT2D eigenvalue weighted by Crippen LogP contribution is 2.43. The standard InChI is InChI=1S/C14H19BrN2O2/c1-9(18)17-13-11(19-3)6-5-10(15)12(13)14(2)7-4-8-16-14/h5-6,16H,4,7-8H2,1-3H3,(H,17,18). The van der Waals surface area contributed by atoms with Gasteiger partial charge in [0, 0.05) is 22.5 Å². The van der Waals surface area contributed by atoms with E-state index in [2.05, 4.69) is 33.5 Å². The van der Waals surface area contributed by atoms with Crippen LogP contribution in [0.15, 0.2) is 16.6 Å². The molecule has 19 heavy (non-hydrogen) atoms. The van der Waals surface area contributed by atoms with Crippen molar-refractivity contribution >= 4 is 27.5 Å². The molecule has 104 valence electrons. The summed E-state index contributed by atoms with van der Waals surface area (Å²) in [5.74, 6) is 0.586. The number of ether oxygens (including phenoxy) is 1. The van der Waals surface area contributed by atoms with Crippen LogP contribution in [0.1, 0.15) is 32.3 Å². The fourth-order valence-electron chi connectivity index (χ4n) is 2.68. The third kappa shape index (κ3) is 2.77. The number of benzene rings is 1. The normalized spacial score (nSPS) is 22.3. The number of anilines is 1. The van der Waals surface area contributed by atoms with Gasteiger partial charge >= 0.3 is 0 Å². The number of halogens is 1. The second-order valence-corrected chi connectivity index (χ2v) is 5.90. The molecule has 5 heteroatoms. The fraction of sp³-hybridized carbons (Fsp3) is 0.500. The lowest BCUT2D eigenvalue weighted by Gasteiger charge is -2.30. The average molecular weight is 327 g/mol. The van der Waals surface area contributed by atoms with Crippen LogP contribution in [-0.2, 0) is 10.3 Å². The molecule has 1 unspecified atom stereocenters. The van der Waals surface area contributed by atoms with E-state index in [1.54, 1.807) is 7.11 Å². The summed E-state index contributed by atoms with van der Waals surface area (Å²) in [6.07, 6.45) is 2.16. The molecule has 0 saturated carbocycles. The Bertz CT molecular complexity index is 496. The van der Waals surface area contributed by atoms with Gasteiger partial charge in [0.2, 0.25) is 5.91 Å². The maximum Gasteiger partial charge on any atom is 0.221 e. The van der Waals surface area contributed by atoms with Gasteiger partial charge in [-0.25, -0.2) is 0 Å². The van der Waals surface area contributed by atoms with E-state index in [0.717, 1.165) is 35.1 Å². The summed E-state index contributed by atoms with van der Waals surface area (Å²) >= 11 is 3.60. The molecule has 1 aliphatic heterocycles. The zero-order valence-corrected chi connectivity index (χ0v) is 13.1. The summed E-state index contributed by atoms with van der Waals surface area (Å²) in [4.78, 5) is 11.5. The van der Waals surface area contributed by atoms with Crippen LogP contribution < -0.4 is 15.4 Å². The molecule has 1 atom stereocenters. The van der Waals surface area contributed by atoms with Crippen LogP contribution in [0.3, 0.4) is 0 Å². The van der Waals surface area contributed by atoms with Gasteiger partial charge in [-0.3, -0.25) is 4.79 Å². The molecule has 1 aliphatic rings. The van der Waals surface area contributed by atoms with E-state index in [1.807, 2.05) is 12.1 Å². The minimum absolute atomic E-state index is 0.0979. The Balaban J connectivity index is 2.59. The molecule has 1 aromatic carbocycles. The molecule has 0 spiro atoms. The number of nitrogens with one attached hydrogen (secondary N) is 2. The molecule has 2 N–H and O–H groups in total. The van der Waals surface area contributed by atoms with Crippen LogP contribution in [-0.4, -0.2) is 19.6 Å². The first-order valence-corrected chi connectivity index (χ1v) is 7.17. The van der Waals surface area contributed by atoms with E-state index in [4.69, 9.17) is 4.74 Å². The highest BCUT2D eigenvalue weighted by Gasteiger charge is 2.35. The molecule has 1 aromatic rings. The third-order valence-electron chi connectivity index (χ3n) is 3.56. The van der Waals surface area contributed by atoms with Crippen molar-refractivity contribution in [2.45, 2.75) is 32.2 Å². The second-order valence-electron chi connectivity index (χ2n) is 5.04. The van der Waals surface area contributed by atoms with E-state index >= 15 is 0 Å². The van der Waals surface area contributed by atoms with Crippen LogP contribution in [0.4, 0.5) is 5.69 Å². The van der Waals surface area contributed by atoms with Gasteiger partial charge in [0.05, 0.1) is 12.8 Å². The number of amides is 1. The van der Waals surface area contributed by atoms with E-state index in [-0.39, 0.29) is 11.4 Å². The van der Waals surface area contributed by atoms with Crippen molar-refractivity contribution in [3.63, 3.8) is 0 Å². The molecule has 4 nitrogen and oxygen atoms in total. The summed E-state index contributed by atoms with van der Waals surface area (Å²) < 4.78 is 6.36. The minimum atomic E-state index is -0.148. The summed E-state index contributed by atoms with van der Waals surface area (Å²) in [6, 6.07) is 3.82. The van der Waals surface area contributed by atoms with Crippen molar-refractivity contribution in [3.05, 3.63) is 22.2 Å². The van der Waals surface area contributed by atoms with Crippen molar-refractivity contribution in [1.29, 1.82) is 0 Å². The molecule has 0 bridgehead atoms. The number of carbonyl (C=O) groups excluding carboxylic acids is 1. The van der Waals surface area contributed by atoms with Gasteiger partial charge in [-0.2, -0.15) is 0 Å². The Hall–Kier alpha value is -1.07. The van der Waals surface area contributed by atoms with E-state index in [1.165, 1.54) is 6.92 Å². The molecular formula is C14H19BrN2O2. The van der Waals surface area contributed by atoms with Gasteiger partial charge in [0.15, 0.2) is 0 Å². The summed E-state index contributed by atoms with van der Waals surface area (Å²) in [5, 5.41) is 6.42. The SMILES string of the molecule is COc1ccc(Br)c(C2(C)CCCN2)c1NC(C)=O. The lowest BCUT2D eigenvalue weighted by Crippen LogP contribution is -2.34. The Kier molecular flexibility index (Phi) is 4.16. The zero-order chi connectivity index (χ0) is 14.0. The van der Waals surface area contributed by atoms with Crippen LogP contribution in [0.2, 0.25) is 0 Å². The van der Waals surface area contributed by atoms with E-state index in [0.29, 0.717) is 5.75 Å². The first kappa shape index (κ1) is 14.3. The predicted octanol–water partition coefficient (Wildman–Crippen LogP) is 3.01. The first-order valence-electron chi connectivity index (χ1n) is 6.37.